The number of hydrogen-bond acceptors (Lipinski definition) is 4. The normalized spacial score (nSPS) is 10.3. The third-order valence-electron chi connectivity index (χ3n) is 3.93. The second kappa shape index (κ2) is 9.05. The molecule has 0 atom stereocenters. The molecular formula is C22H19NO3S. The number of esters is 1. The Balaban J connectivity index is 1.58. The van der Waals surface area contributed by atoms with Crippen molar-refractivity contribution in [3.63, 3.8) is 0 Å². The van der Waals surface area contributed by atoms with Crippen molar-refractivity contribution in [1.82, 2.24) is 0 Å². The molecule has 0 radical (unpaired) electrons. The van der Waals surface area contributed by atoms with E-state index in [1.165, 1.54) is 12.0 Å². The Morgan fingerprint density at radius 3 is 2.11 bits per heavy atom. The first kappa shape index (κ1) is 18.7. The van der Waals surface area contributed by atoms with Crippen molar-refractivity contribution in [2.24, 2.45) is 0 Å². The first-order valence-electron chi connectivity index (χ1n) is 8.42. The van der Waals surface area contributed by atoms with Gasteiger partial charge in [-0.2, -0.15) is 0 Å². The van der Waals surface area contributed by atoms with Crippen LogP contribution in [0.1, 0.15) is 26.3 Å². The fourth-order valence-electron chi connectivity index (χ4n) is 2.45. The molecule has 3 aromatic carbocycles. The van der Waals surface area contributed by atoms with Crippen LogP contribution in [-0.4, -0.2) is 19.0 Å². The van der Waals surface area contributed by atoms with E-state index in [0.29, 0.717) is 16.8 Å². The van der Waals surface area contributed by atoms with Crippen molar-refractivity contribution in [3.05, 3.63) is 95.6 Å². The number of ether oxygens (including phenoxy) is 1. The largest absolute Gasteiger partial charge is 0.465 e. The zero-order valence-electron chi connectivity index (χ0n) is 14.8. The van der Waals surface area contributed by atoms with E-state index in [0.717, 1.165) is 11.3 Å². The fraction of sp³-hybridized carbons (Fsp3) is 0.0909. The van der Waals surface area contributed by atoms with Gasteiger partial charge in [-0.15, -0.1) is 11.8 Å². The predicted octanol–water partition coefficient (Wildman–Crippen LogP) is 5.02. The maximum Gasteiger partial charge on any atom is 0.337 e. The molecule has 4 nitrogen and oxygen atoms in total. The average Bonchev–Trinajstić information content (AvgIpc) is 2.73. The van der Waals surface area contributed by atoms with E-state index in [4.69, 9.17) is 0 Å². The predicted molar refractivity (Wildman–Crippen MR) is 108 cm³/mol. The smallest absolute Gasteiger partial charge is 0.337 e. The van der Waals surface area contributed by atoms with E-state index in [1.807, 2.05) is 42.5 Å². The molecule has 1 N–H and O–H groups in total. The number of amides is 1. The SMILES string of the molecule is COC(=O)c1ccc(NC(=O)c2ccc(CSc3ccccc3)cc2)cc1. The lowest BCUT2D eigenvalue weighted by atomic mass is 10.1. The number of benzene rings is 3. The van der Waals surface area contributed by atoms with Crippen molar-refractivity contribution in [3.8, 4) is 0 Å². The van der Waals surface area contributed by atoms with Crippen LogP contribution in [0.4, 0.5) is 5.69 Å². The molecule has 0 heterocycles. The molecule has 0 saturated carbocycles. The summed E-state index contributed by atoms with van der Waals surface area (Å²) in [5, 5.41) is 2.82. The minimum Gasteiger partial charge on any atom is -0.465 e. The summed E-state index contributed by atoms with van der Waals surface area (Å²) in [6.07, 6.45) is 0. The molecule has 0 bridgehead atoms. The monoisotopic (exact) mass is 377 g/mol. The van der Waals surface area contributed by atoms with Gasteiger partial charge in [0.05, 0.1) is 12.7 Å². The van der Waals surface area contributed by atoms with Gasteiger partial charge in [0, 0.05) is 21.9 Å². The van der Waals surface area contributed by atoms with Crippen LogP contribution in [-0.2, 0) is 10.5 Å². The first-order chi connectivity index (χ1) is 13.2. The molecule has 3 rings (SSSR count). The third-order valence-corrected chi connectivity index (χ3v) is 5.01. The zero-order valence-corrected chi connectivity index (χ0v) is 15.7. The molecule has 0 fully saturated rings. The Hall–Kier alpha value is -3.05. The van der Waals surface area contributed by atoms with E-state index in [1.54, 1.807) is 36.0 Å². The van der Waals surface area contributed by atoms with E-state index < -0.39 is 5.97 Å². The topological polar surface area (TPSA) is 55.4 Å². The summed E-state index contributed by atoms with van der Waals surface area (Å²) < 4.78 is 4.66. The molecule has 0 aliphatic heterocycles. The standard InChI is InChI=1S/C22H19NO3S/c1-26-22(25)18-11-13-19(14-12-18)23-21(24)17-9-7-16(8-10-17)15-27-20-5-3-2-4-6-20/h2-14H,15H2,1H3,(H,23,24). The van der Waals surface area contributed by atoms with Crippen molar-refractivity contribution in [2.45, 2.75) is 10.6 Å². The summed E-state index contributed by atoms with van der Waals surface area (Å²) in [6.45, 7) is 0. The molecule has 0 saturated heterocycles. The third kappa shape index (κ3) is 5.21. The maximum absolute atomic E-state index is 12.4. The summed E-state index contributed by atoms with van der Waals surface area (Å²) in [5.41, 5.74) is 2.80. The lowest BCUT2D eigenvalue weighted by Crippen LogP contribution is -2.12. The summed E-state index contributed by atoms with van der Waals surface area (Å²) in [7, 11) is 1.33. The van der Waals surface area contributed by atoms with E-state index >= 15 is 0 Å². The highest BCUT2D eigenvalue weighted by Crippen LogP contribution is 2.22. The number of carbonyl (C=O) groups excluding carboxylic acids is 2. The Kier molecular flexibility index (Phi) is 6.28. The van der Waals surface area contributed by atoms with Crippen LogP contribution in [0.25, 0.3) is 0 Å². The highest BCUT2D eigenvalue weighted by Gasteiger charge is 2.08. The van der Waals surface area contributed by atoms with E-state index in [-0.39, 0.29) is 5.91 Å². The van der Waals surface area contributed by atoms with Crippen LogP contribution in [0.2, 0.25) is 0 Å². The van der Waals surface area contributed by atoms with Crippen molar-refractivity contribution < 1.29 is 14.3 Å². The minimum atomic E-state index is -0.406. The van der Waals surface area contributed by atoms with E-state index in [2.05, 4.69) is 22.2 Å². The second-order valence-corrected chi connectivity index (χ2v) is 6.87. The quantitative estimate of drug-likeness (QED) is 0.484. The summed E-state index contributed by atoms with van der Waals surface area (Å²) >= 11 is 1.76. The molecule has 0 aliphatic rings. The molecule has 0 unspecified atom stereocenters. The van der Waals surface area contributed by atoms with Crippen molar-refractivity contribution in [1.29, 1.82) is 0 Å². The van der Waals surface area contributed by atoms with Gasteiger partial charge >= 0.3 is 5.97 Å². The highest BCUT2D eigenvalue weighted by molar-refractivity contribution is 7.98. The fourth-order valence-corrected chi connectivity index (χ4v) is 3.32. The molecule has 0 spiro atoms. The first-order valence-corrected chi connectivity index (χ1v) is 9.41. The maximum atomic E-state index is 12.4. The van der Waals surface area contributed by atoms with Crippen LogP contribution < -0.4 is 5.32 Å². The van der Waals surface area contributed by atoms with Gasteiger partial charge in [0.2, 0.25) is 0 Å². The zero-order chi connectivity index (χ0) is 19.1. The Labute approximate surface area is 162 Å². The number of rotatable bonds is 6. The van der Waals surface area contributed by atoms with Gasteiger partial charge in [0.25, 0.3) is 5.91 Å². The molecule has 1 amide bonds. The van der Waals surface area contributed by atoms with Gasteiger partial charge in [0.1, 0.15) is 0 Å². The number of anilines is 1. The van der Waals surface area contributed by atoms with Crippen LogP contribution in [0.3, 0.4) is 0 Å². The van der Waals surface area contributed by atoms with Crippen LogP contribution in [0.15, 0.2) is 83.8 Å². The Morgan fingerprint density at radius 1 is 0.852 bits per heavy atom. The molecule has 27 heavy (non-hydrogen) atoms. The van der Waals surface area contributed by atoms with Crippen molar-refractivity contribution in [2.75, 3.05) is 12.4 Å². The van der Waals surface area contributed by atoms with Crippen LogP contribution in [0.5, 0.6) is 0 Å². The van der Waals surface area contributed by atoms with Crippen LogP contribution >= 0.6 is 11.8 Å². The molecule has 0 aromatic heterocycles. The summed E-state index contributed by atoms with van der Waals surface area (Å²) in [4.78, 5) is 25.0. The van der Waals surface area contributed by atoms with E-state index in [9.17, 15) is 9.59 Å². The van der Waals surface area contributed by atoms with Crippen molar-refractivity contribution >= 4 is 29.3 Å². The minimum absolute atomic E-state index is 0.192. The van der Waals surface area contributed by atoms with Gasteiger partial charge in [0.15, 0.2) is 0 Å². The van der Waals surface area contributed by atoms with Crippen LogP contribution in [0, 0.1) is 0 Å². The number of thioether (sulfide) groups is 1. The molecule has 136 valence electrons. The number of methoxy groups -OCH3 is 1. The molecule has 3 aromatic rings. The Bertz CT molecular complexity index is 907. The average molecular weight is 377 g/mol. The number of carbonyl (C=O) groups is 2. The molecular weight excluding hydrogens is 358 g/mol. The number of hydrogen-bond donors (Lipinski definition) is 1. The lowest BCUT2D eigenvalue weighted by Gasteiger charge is -2.07. The lowest BCUT2D eigenvalue weighted by molar-refractivity contribution is 0.0600. The summed E-state index contributed by atoms with van der Waals surface area (Å²) in [5.74, 6) is 0.251. The van der Waals surface area contributed by atoms with Gasteiger partial charge in [-0.05, 0) is 54.1 Å². The van der Waals surface area contributed by atoms with Gasteiger partial charge in [-0.3, -0.25) is 4.79 Å². The Morgan fingerprint density at radius 2 is 1.48 bits per heavy atom. The summed E-state index contributed by atoms with van der Waals surface area (Å²) in [6, 6.07) is 24.4. The number of nitrogens with one attached hydrogen (secondary N) is 1. The van der Waals surface area contributed by atoms with Gasteiger partial charge in [-0.25, -0.2) is 4.79 Å². The molecule has 0 aliphatic carbocycles. The molecule has 5 heteroatoms. The van der Waals surface area contributed by atoms with Gasteiger partial charge < -0.3 is 10.1 Å². The second-order valence-electron chi connectivity index (χ2n) is 5.82. The van der Waals surface area contributed by atoms with Gasteiger partial charge in [-0.1, -0.05) is 30.3 Å². The highest BCUT2D eigenvalue weighted by atomic mass is 32.2.